The van der Waals surface area contributed by atoms with Crippen molar-refractivity contribution in [2.75, 3.05) is 6.61 Å². The third kappa shape index (κ3) is 1.56. The number of carbonyl (C=O) groups excluding carboxylic acids is 2. The van der Waals surface area contributed by atoms with Gasteiger partial charge in [-0.15, -0.1) is 0 Å². The maximum Gasteiger partial charge on any atom is 0.156 e. The number of hydrogen-bond donors (Lipinski definition) is 0. The topological polar surface area (TPSA) is 43.4 Å². The summed E-state index contributed by atoms with van der Waals surface area (Å²) < 4.78 is 6.10. The van der Waals surface area contributed by atoms with Crippen LogP contribution in [0.25, 0.3) is 0 Å². The Balaban J connectivity index is 1.76. The van der Waals surface area contributed by atoms with E-state index in [9.17, 15) is 9.59 Å². The number of Topliss-reactive ketones (excluding diaryl/α,β-unsaturated/α-hetero) is 1. The predicted molar refractivity (Wildman–Crippen MR) is 74.2 cm³/mol. The average Bonchev–Trinajstić information content (AvgIpc) is 2.74. The average molecular weight is 272 g/mol. The first kappa shape index (κ1) is 12.5. The first-order valence-corrected chi connectivity index (χ1v) is 7.70. The second-order valence-electron chi connectivity index (χ2n) is 6.86. The Morgan fingerprint density at radius 1 is 1.20 bits per heavy atom. The molecule has 0 amide bonds. The van der Waals surface area contributed by atoms with E-state index in [4.69, 9.17) is 4.74 Å². The van der Waals surface area contributed by atoms with Gasteiger partial charge in [0.2, 0.25) is 0 Å². The molecule has 4 rings (SSSR count). The second-order valence-corrected chi connectivity index (χ2v) is 6.86. The number of rotatable bonds is 0. The van der Waals surface area contributed by atoms with Crippen molar-refractivity contribution in [3.8, 4) is 0 Å². The predicted octanol–water partition coefficient (Wildman–Crippen LogP) is 2.75. The molecule has 0 radical (unpaired) electrons. The highest BCUT2D eigenvalue weighted by Gasteiger charge is 2.54. The molecular formula is C17H20O3. The molecule has 2 saturated carbocycles. The number of allylic oxidation sites excluding steroid dienone is 1. The summed E-state index contributed by atoms with van der Waals surface area (Å²) in [6, 6.07) is 0. The molecule has 3 nitrogen and oxygen atoms in total. The maximum absolute atomic E-state index is 12.2. The van der Waals surface area contributed by atoms with Crippen molar-refractivity contribution in [1.29, 1.82) is 0 Å². The fourth-order valence-corrected chi connectivity index (χ4v) is 4.66. The summed E-state index contributed by atoms with van der Waals surface area (Å²) in [6.07, 6.45) is 7.00. The lowest BCUT2D eigenvalue weighted by Gasteiger charge is -2.45. The molecule has 0 spiro atoms. The van der Waals surface area contributed by atoms with E-state index in [0.717, 1.165) is 31.3 Å². The minimum Gasteiger partial charge on any atom is -0.369 e. The first-order chi connectivity index (χ1) is 9.59. The molecule has 0 N–H and O–H groups in total. The zero-order valence-electron chi connectivity index (χ0n) is 11.9. The summed E-state index contributed by atoms with van der Waals surface area (Å²) in [4.78, 5) is 23.8. The molecule has 0 aromatic heterocycles. The van der Waals surface area contributed by atoms with Crippen LogP contribution in [0.1, 0.15) is 45.4 Å². The van der Waals surface area contributed by atoms with E-state index in [1.807, 2.05) is 0 Å². The van der Waals surface area contributed by atoms with Gasteiger partial charge in [-0.1, -0.05) is 6.92 Å². The number of carbonyl (C=O) groups is 2. The zero-order chi connectivity index (χ0) is 13.9. The van der Waals surface area contributed by atoms with Gasteiger partial charge in [0, 0.05) is 24.2 Å². The molecule has 20 heavy (non-hydrogen) atoms. The van der Waals surface area contributed by atoms with Crippen LogP contribution in [0.3, 0.4) is 0 Å². The standard InChI is InChI=1S/C17H20O3/c1-17-7-6-13-12-3-2-11(18)8-10(12)9-20-16(13)14(17)4-5-15(17)19/h8,14,16H,2-7,9H2,1H3/t14-,16?,17?/m0/s1. The van der Waals surface area contributed by atoms with Crippen LogP contribution in [0.15, 0.2) is 22.8 Å². The molecule has 3 atom stereocenters. The van der Waals surface area contributed by atoms with E-state index in [1.165, 1.54) is 11.1 Å². The van der Waals surface area contributed by atoms with Gasteiger partial charge in [0.25, 0.3) is 0 Å². The smallest absolute Gasteiger partial charge is 0.156 e. The molecular weight excluding hydrogens is 252 g/mol. The van der Waals surface area contributed by atoms with E-state index >= 15 is 0 Å². The Bertz CT molecular complexity index is 569. The fraction of sp³-hybridized carbons (Fsp3) is 0.647. The van der Waals surface area contributed by atoms with Crippen molar-refractivity contribution in [2.24, 2.45) is 11.3 Å². The van der Waals surface area contributed by atoms with Crippen LogP contribution in [-0.2, 0) is 14.3 Å². The highest BCUT2D eigenvalue weighted by Crippen LogP contribution is 2.54. The van der Waals surface area contributed by atoms with Crippen LogP contribution < -0.4 is 0 Å². The summed E-state index contributed by atoms with van der Waals surface area (Å²) in [5.74, 6) is 1.00. The lowest BCUT2D eigenvalue weighted by Crippen LogP contribution is -2.45. The van der Waals surface area contributed by atoms with Gasteiger partial charge in [-0.3, -0.25) is 9.59 Å². The molecule has 2 unspecified atom stereocenters. The lowest BCUT2D eigenvalue weighted by molar-refractivity contribution is -0.130. The van der Waals surface area contributed by atoms with Crippen LogP contribution in [0.5, 0.6) is 0 Å². The SMILES string of the molecule is CC12CCC3=C4CCC(=O)C=C4COC3[C@@H]1CCC2=O. The van der Waals surface area contributed by atoms with Crippen LogP contribution >= 0.6 is 0 Å². The Labute approximate surface area is 119 Å². The number of hydrogen-bond acceptors (Lipinski definition) is 3. The van der Waals surface area contributed by atoms with Crippen molar-refractivity contribution >= 4 is 11.6 Å². The van der Waals surface area contributed by atoms with Crippen LogP contribution in [-0.4, -0.2) is 24.3 Å². The Morgan fingerprint density at radius 2 is 2.05 bits per heavy atom. The van der Waals surface area contributed by atoms with E-state index in [2.05, 4.69) is 6.92 Å². The van der Waals surface area contributed by atoms with Gasteiger partial charge in [-0.05, 0) is 48.5 Å². The molecule has 0 aromatic rings. The van der Waals surface area contributed by atoms with Crippen LogP contribution in [0, 0.1) is 11.3 Å². The minimum atomic E-state index is -0.166. The van der Waals surface area contributed by atoms with E-state index in [0.29, 0.717) is 31.1 Å². The summed E-state index contributed by atoms with van der Waals surface area (Å²) in [7, 11) is 0. The largest absolute Gasteiger partial charge is 0.369 e. The maximum atomic E-state index is 12.2. The molecule has 2 fully saturated rings. The first-order valence-electron chi connectivity index (χ1n) is 7.70. The van der Waals surface area contributed by atoms with Gasteiger partial charge in [-0.2, -0.15) is 0 Å². The van der Waals surface area contributed by atoms with Crippen molar-refractivity contribution in [3.63, 3.8) is 0 Å². The second kappa shape index (κ2) is 4.14. The third-order valence-electron chi connectivity index (χ3n) is 5.91. The van der Waals surface area contributed by atoms with E-state index < -0.39 is 0 Å². The number of ether oxygens (including phenoxy) is 1. The minimum absolute atomic E-state index is 0.126. The quantitative estimate of drug-likeness (QED) is 0.681. The van der Waals surface area contributed by atoms with Crippen LogP contribution in [0.4, 0.5) is 0 Å². The van der Waals surface area contributed by atoms with Crippen molar-refractivity contribution in [2.45, 2.75) is 51.6 Å². The summed E-state index contributed by atoms with van der Waals surface area (Å²) >= 11 is 0. The highest BCUT2D eigenvalue weighted by atomic mass is 16.5. The Morgan fingerprint density at radius 3 is 2.90 bits per heavy atom. The van der Waals surface area contributed by atoms with Crippen molar-refractivity contribution < 1.29 is 14.3 Å². The summed E-state index contributed by atoms with van der Waals surface area (Å²) in [6.45, 7) is 2.68. The van der Waals surface area contributed by atoms with Gasteiger partial charge in [-0.25, -0.2) is 0 Å². The zero-order valence-corrected chi connectivity index (χ0v) is 11.9. The van der Waals surface area contributed by atoms with E-state index in [-0.39, 0.29) is 17.3 Å². The molecule has 0 bridgehead atoms. The monoisotopic (exact) mass is 272 g/mol. The molecule has 1 heterocycles. The number of ketones is 2. The number of fused-ring (bicyclic) bond motifs is 4. The molecule has 1 aliphatic heterocycles. The Kier molecular flexibility index (Phi) is 2.59. The van der Waals surface area contributed by atoms with Crippen LogP contribution in [0.2, 0.25) is 0 Å². The molecule has 0 saturated heterocycles. The molecule has 3 aliphatic carbocycles. The van der Waals surface area contributed by atoms with Gasteiger partial charge in [0.1, 0.15) is 5.78 Å². The van der Waals surface area contributed by atoms with Gasteiger partial charge in [0.05, 0.1) is 12.7 Å². The Hall–Kier alpha value is -1.22. The van der Waals surface area contributed by atoms with Gasteiger partial charge >= 0.3 is 0 Å². The molecule has 0 aromatic carbocycles. The lowest BCUT2D eigenvalue weighted by atomic mass is 9.64. The summed E-state index contributed by atoms with van der Waals surface area (Å²) in [5.41, 5.74) is 3.70. The van der Waals surface area contributed by atoms with Crippen molar-refractivity contribution in [3.05, 3.63) is 22.8 Å². The highest BCUT2D eigenvalue weighted by molar-refractivity contribution is 5.93. The molecule has 3 heteroatoms. The van der Waals surface area contributed by atoms with E-state index in [1.54, 1.807) is 6.08 Å². The normalized spacial score (nSPS) is 40.1. The van der Waals surface area contributed by atoms with Gasteiger partial charge < -0.3 is 4.74 Å². The fourth-order valence-electron chi connectivity index (χ4n) is 4.66. The molecule has 4 aliphatic rings. The van der Waals surface area contributed by atoms with Gasteiger partial charge in [0.15, 0.2) is 5.78 Å². The third-order valence-corrected chi connectivity index (χ3v) is 5.91. The molecule has 106 valence electrons. The van der Waals surface area contributed by atoms with Crippen molar-refractivity contribution in [1.82, 2.24) is 0 Å². The summed E-state index contributed by atoms with van der Waals surface area (Å²) in [5, 5.41) is 0.